The van der Waals surface area contributed by atoms with E-state index in [1.54, 1.807) is 20.2 Å². The van der Waals surface area contributed by atoms with E-state index >= 15 is 0 Å². The van der Waals surface area contributed by atoms with E-state index in [1.165, 1.54) is 4.90 Å². The van der Waals surface area contributed by atoms with Crippen LogP contribution in [-0.2, 0) is 19.5 Å². The second-order valence-corrected chi connectivity index (χ2v) is 5.60. The third-order valence-electron chi connectivity index (χ3n) is 3.49. The van der Waals surface area contributed by atoms with Crippen molar-refractivity contribution >= 4 is 5.91 Å². The molecule has 2 aromatic rings. The fourth-order valence-corrected chi connectivity index (χ4v) is 2.26. The van der Waals surface area contributed by atoms with Crippen molar-refractivity contribution in [2.24, 2.45) is 0 Å². The summed E-state index contributed by atoms with van der Waals surface area (Å²) < 4.78 is 7.72. The normalized spacial score (nSPS) is 12.4. The minimum absolute atomic E-state index is 0.120. The number of rotatable bonds is 7. The van der Waals surface area contributed by atoms with Gasteiger partial charge in [0.25, 0.3) is 5.91 Å². The molecule has 0 fully saturated rings. The molecule has 1 N–H and O–H groups in total. The van der Waals surface area contributed by atoms with Gasteiger partial charge in [-0.1, -0.05) is 6.92 Å². The van der Waals surface area contributed by atoms with Crippen LogP contribution in [0.1, 0.15) is 36.0 Å². The minimum atomic E-state index is -0.120. The van der Waals surface area contributed by atoms with Crippen molar-refractivity contribution in [2.45, 2.75) is 39.4 Å². The Morgan fingerprint density at radius 1 is 1.45 bits per heavy atom. The first-order chi connectivity index (χ1) is 10.5. The second kappa shape index (κ2) is 7.26. The molecular weight excluding hydrogens is 280 g/mol. The van der Waals surface area contributed by atoms with Gasteiger partial charge in [-0.15, -0.1) is 0 Å². The Bertz CT molecular complexity index is 615. The fourth-order valence-electron chi connectivity index (χ4n) is 2.26. The topological polar surface area (TPSA) is 63.3 Å². The maximum atomic E-state index is 11.8. The molecule has 1 atom stereocenters. The summed E-state index contributed by atoms with van der Waals surface area (Å²) in [5.41, 5.74) is 0. The zero-order valence-electron chi connectivity index (χ0n) is 13.7. The van der Waals surface area contributed by atoms with Crippen molar-refractivity contribution in [3.8, 4) is 0 Å². The van der Waals surface area contributed by atoms with Gasteiger partial charge in [0.05, 0.1) is 6.54 Å². The Kier molecular flexibility index (Phi) is 5.38. The molecule has 0 radical (unpaired) electrons. The molecule has 0 aliphatic heterocycles. The number of furan rings is 1. The van der Waals surface area contributed by atoms with Gasteiger partial charge in [0.1, 0.15) is 11.6 Å². The fraction of sp³-hybridized carbons (Fsp3) is 0.500. The second-order valence-electron chi connectivity index (χ2n) is 5.60. The van der Waals surface area contributed by atoms with E-state index in [-0.39, 0.29) is 11.9 Å². The molecule has 6 heteroatoms. The van der Waals surface area contributed by atoms with Crippen LogP contribution in [0, 0.1) is 0 Å². The number of nitrogens with one attached hydrogen (secondary N) is 1. The van der Waals surface area contributed by atoms with Gasteiger partial charge in [0.2, 0.25) is 0 Å². The molecule has 6 nitrogen and oxygen atoms in total. The number of amides is 1. The molecule has 22 heavy (non-hydrogen) atoms. The van der Waals surface area contributed by atoms with Crippen LogP contribution in [-0.4, -0.2) is 40.5 Å². The van der Waals surface area contributed by atoms with Crippen molar-refractivity contribution in [2.75, 3.05) is 14.1 Å². The third-order valence-corrected chi connectivity index (χ3v) is 3.49. The number of aromatic nitrogens is 2. The van der Waals surface area contributed by atoms with Crippen LogP contribution < -0.4 is 5.32 Å². The van der Waals surface area contributed by atoms with Gasteiger partial charge in [-0.2, -0.15) is 0 Å². The van der Waals surface area contributed by atoms with Crippen LogP contribution in [0.3, 0.4) is 0 Å². The van der Waals surface area contributed by atoms with E-state index in [4.69, 9.17) is 4.42 Å². The van der Waals surface area contributed by atoms with Crippen LogP contribution in [0.2, 0.25) is 0 Å². The lowest BCUT2D eigenvalue weighted by atomic mass is 10.3. The highest BCUT2D eigenvalue weighted by molar-refractivity contribution is 5.91. The van der Waals surface area contributed by atoms with Crippen LogP contribution in [0.4, 0.5) is 0 Å². The molecule has 0 aliphatic carbocycles. The summed E-state index contributed by atoms with van der Waals surface area (Å²) >= 11 is 0. The predicted octanol–water partition coefficient (Wildman–Crippen LogP) is 1.92. The molecule has 0 bridgehead atoms. The summed E-state index contributed by atoms with van der Waals surface area (Å²) in [6.45, 7) is 5.67. The summed E-state index contributed by atoms with van der Waals surface area (Å²) in [5.74, 6) is 2.10. The van der Waals surface area contributed by atoms with Crippen molar-refractivity contribution in [1.82, 2.24) is 19.8 Å². The van der Waals surface area contributed by atoms with E-state index < -0.39 is 0 Å². The predicted molar refractivity (Wildman–Crippen MR) is 84.6 cm³/mol. The van der Waals surface area contributed by atoms with Gasteiger partial charge in [0, 0.05) is 45.5 Å². The van der Waals surface area contributed by atoms with Crippen molar-refractivity contribution < 1.29 is 9.21 Å². The molecule has 0 aliphatic rings. The first-order valence-corrected chi connectivity index (χ1v) is 7.55. The molecule has 0 aromatic carbocycles. The van der Waals surface area contributed by atoms with Crippen LogP contribution >= 0.6 is 0 Å². The average Bonchev–Trinajstić information content (AvgIpc) is 3.12. The Morgan fingerprint density at radius 2 is 2.23 bits per heavy atom. The molecule has 0 saturated carbocycles. The molecular formula is C16H24N4O2. The van der Waals surface area contributed by atoms with E-state index in [0.29, 0.717) is 12.3 Å². The summed E-state index contributed by atoms with van der Waals surface area (Å²) in [4.78, 5) is 17.6. The number of nitrogens with zero attached hydrogens (tertiary/aromatic N) is 3. The van der Waals surface area contributed by atoms with Crippen molar-refractivity contribution in [1.29, 1.82) is 0 Å². The maximum Gasteiger partial charge on any atom is 0.289 e. The number of imidazole rings is 1. The lowest BCUT2D eigenvalue weighted by Crippen LogP contribution is -2.30. The largest absolute Gasteiger partial charge is 0.455 e. The summed E-state index contributed by atoms with van der Waals surface area (Å²) in [6, 6.07) is 3.83. The Labute approximate surface area is 131 Å². The number of hydrogen-bond donors (Lipinski definition) is 1. The third kappa shape index (κ3) is 3.98. The van der Waals surface area contributed by atoms with Crippen molar-refractivity contribution in [3.63, 3.8) is 0 Å². The monoisotopic (exact) mass is 304 g/mol. The summed E-state index contributed by atoms with van der Waals surface area (Å²) in [6.07, 6.45) is 4.75. The Morgan fingerprint density at radius 3 is 2.91 bits per heavy atom. The SMILES string of the molecule is CCc1nccn1CC(C)NCc1ccc(C(=O)N(C)C)o1. The number of hydrogen-bond acceptors (Lipinski definition) is 4. The lowest BCUT2D eigenvalue weighted by molar-refractivity contribution is 0.0794. The number of carbonyl (C=O) groups is 1. The molecule has 2 rings (SSSR count). The van der Waals surface area contributed by atoms with E-state index in [1.807, 2.05) is 18.5 Å². The van der Waals surface area contributed by atoms with Crippen molar-refractivity contribution in [3.05, 3.63) is 41.9 Å². The quantitative estimate of drug-likeness (QED) is 0.849. The molecule has 2 heterocycles. The van der Waals surface area contributed by atoms with Crippen LogP contribution in [0.25, 0.3) is 0 Å². The molecule has 2 aromatic heterocycles. The number of aryl methyl sites for hydroxylation is 1. The van der Waals surface area contributed by atoms with Gasteiger partial charge in [-0.25, -0.2) is 4.98 Å². The van der Waals surface area contributed by atoms with E-state index in [9.17, 15) is 4.79 Å². The molecule has 1 amide bonds. The van der Waals surface area contributed by atoms with E-state index in [2.05, 4.69) is 28.7 Å². The van der Waals surface area contributed by atoms with Crippen LogP contribution in [0.15, 0.2) is 28.9 Å². The smallest absolute Gasteiger partial charge is 0.289 e. The maximum absolute atomic E-state index is 11.8. The lowest BCUT2D eigenvalue weighted by Gasteiger charge is -2.15. The van der Waals surface area contributed by atoms with Crippen LogP contribution in [0.5, 0.6) is 0 Å². The van der Waals surface area contributed by atoms with Gasteiger partial charge >= 0.3 is 0 Å². The Balaban J connectivity index is 1.86. The highest BCUT2D eigenvalue weighted by atomic mass is 16.4. The first kappa shape index (κ1) is 16.3. The Hall–Kier alpha value is -2.08. The highest BCUT2D eigenvalue weighted by Crippen LogP contribution is 2.10. The van der Waals surface area contributed by atoms with Gasteiger partial charge in [-0.05, 0) is 19.1 Å². The first-order valence-electron chi connectivity index (χ1n) is 7.55. The minimum Gasteiger partial charge on any atom is -0.455 e. The molecule has 120 valence electrons. The standard InChI is InChI=1S/C16H24N4O2/c1-5-15-17-8-9-20(15)11-12(2)18-10-13-6-7-14(22-13)16(21)19(3)4/h6-9,12,18H,5,10-11H2,1-4H3. The zero-order chi connectivity index (χ0) is 16.1. The van der Waals surface area contributed by atoms with Gasteiger partial charge in [0.15, 0.2) is 5.76 Å². The summed E-state index contributed by atoms with van der Waals surface area (Å²) in [5, 5.41) is 3.40. The molecule has 1 unspecified atom stereocenters. The summed E-state index contributed by atoms with van der Waals surface area (Å²) in [7, 11) is 3.42. The zero-order valence-corrected chi connectivity index (χ0v) is 13.7. The van der Waals surface area contributed by atoms with Gasteiger partial charge < -0.3 is 19.2 Å². The average molecular weight is 304 g/mol. The highest BCUT2D eigenvalue weighted by Gasteiger charge is 2.13. The molecule has 0 spiro atoms. The van der Waals surface area contributed by atoms with Gasteiger partial charge in [-0.3, -0.25) is 4.79 Å². The number of carbonyl (C=O) groups excluding carboxylic acids is 1. The van der Waals surface area contributed by atoms with E-state index in [0.717, 1.165) is 24.6 Å². The molecule has 0 saturated heterocycles.